The summed E-state index contributed by atoms with van der Waals surface area (Å²) in [6.07, 6.45) is 8.29. The first-order valence-corrected chi connectivity index (χ1v) is 7.57. The van der Waals surface area contributed by atoms with Gasteiger partial charge in [0.25, 0.3) is 0 Å². The minimum absolute atomic E-state index is 0.390. The molecule has 1 aliphatic carbocycles. The molecule has 0 bridgehead atoms. The van der Waals surface area contributed by atoms with Crippen LogP contribution in [0.3, 0.4) is 0 Å². The van der Waals surface area contributed by atoms with Crippen molar-refractivity contribution in [3.63, 3.8) is 0 Å². The predicted octanol–water partition coefficient (Wildman–Crippen LogP) is 3.68. The highest BCUT2D eigenvalue weighted by atomic mass is 79.9. The Labute approximate surface area is 121 Å². The molecule has 19 heavy (non-hydrogen) atoms. The van der Waals surface area contributed by atoms with Crippen molar-refractivity contribution in [2.75, 3.05) is 5.32 Å². The van der Waals surface area contributed by atoms with Gasteiger partial charge in [0, 0.05) is 45.4 Å². The lowest BCUT2D eigenvalue weighted by Gasteiger charge is -2.28. The molecule has 3 nitrogen and oxygen atoms in total. The number of pyridine rings is 1. The van der Waals surface area contributed by atoms with E-state index in [4.69, 9.17) is 5.73 Å². The first-order valence-electron chi connectivity index (χ1n) is 6.78. The Bertz CT molecular complexity index is 571. The molecule has 2 aromatic rings. The van der Waals surface area contributed by atoms with Crippen LogP contribution in [-0.2, 0) is 0 Å². The Balaban J connectivity index is 1.88. The Morgan fingerprint density at radius 3 is 2.74 bits per heavy atom. The van der Waals surface area contributed by atoms with Crippen molar-refractivity contribution >= 4 is 32.4 Å². The molecule has 1 aliphatic rings. The van der Waals surface area contributed by atoms with E-state index in [1.54, 1.807) is 0 Å². The summed E-state index contributed by atoms with van der Waals surface area (Å²) in [7, 11) is 0. The number of benzene rings is 1. The van der Waals surface area contributed by atoms with E-state index >= 15 is 0 Å². The lowest BCUT2D eigenvalue weighted by atomic mass is 9.91. The number of fused-ring (bicyclic) bond motifs is 1. The maximum atomic E-state index is 5.96. The Morgan fingerprint density at radius 1 is 1.16 bits per heavy atom. The largest absolute Gasteiger partial charge is 0.382 e. The van der Waals surface area contributed by atoms with Gasteiger partial charge >= 0.3 is 0 Å². The molecule has 1 heterocycles. The number of rotatable bonds is 2. The van der Waals surface area contributed by atoms with Crippen LogP contribution in [0.25, 0.3) is 10.8 Å². The van der Waals surface area contributed by atoms with Crippen LogP contribution >= 0.6 is 15.9 Å². The molecule has 0 amide bonds. The number of nitrogens with one attached hydrogen (secondary N) is 1. The number of nitrogens with two attached hydrogens (primary N) is 1. The lowest BCUT2D eigenvalue weighted by Crippen LogP contribution is -2.32. The molecule has 0 aliphatic heterocycles. The molecular weight excluding hydrogens is 302 g/mol. The van der Waals surface area contributed by atoms with Gasteiger partial charge in [0.2, 0.25) is 0 Å². The molecule has 1 aromatic heterocycles. The predicted molar refractivity (Wildman–Crippen MR) is 83.3 cm³/mol. The van der Waals surface area contributed by atoms with Crippen molar-refractivity contribution in [3.05, 3.63) is 35.1 Å². The highest BCUT2D eigenvalue weighted by Gasteiger charge is 2.19. The molecule has 0 spiro atoms. The van der Waals surface area contributed by atoms with Crippen molar-refractivity contribution in [2.24, 2.45) is 5.73 Å². The van der Waals surface area contributed by atoms with E-state index in [0.717, 1.165) is 35.5 Å². The van der Waals surface area contributed by atoms with Gasteiger partial charge in [-0.25, -0.2) is 0 Å². The first kappa shape index (κ1) is 12.9. The van der Waals surface area contributed by atoms with E-state index in [-0.39, 0.29) is 0 Å². The van der Waals surface area contributed by atoms with Crippen molar-refractivity contribution in [3.8, 4) is 0 Å². The summed E-state index contributed by atoms with van der Waals surface area (Å²) < 4.78 is 1.04. The molecule has 0 unspecified atom stereocenters. The zero-order valence-electron chi connectivity index (χ0n) is 10.8. The van der Waals surface area contributed by atoms with Crippen LogP contribution in [0.5, 0.6) is 0 Å². The van der Waals surface area contributed by atoms with Crippen LogP contribution in [0, 0.1) is 0 Å². The van der Waals surface area contributed by atoms with E-state index in [2.05, 4.69) is 44.4 Å². The van der Waals surface area contributed by atoms with Crippen LogP contribution in [-0.4, -0.2) is 17.1 Å². The summed E-state index contributed by atoms with van der Waals surface area (Å²) >= 11 is 3.60. The molecule has 3 rings (SSSR count). The number of anilines is 1. The molecule has 0 saturated heterocycles. The summed E-state index contributed by atoms with van der Waals surface area (Å²) in [5, 5.41) is 6.05. The van der Waals surface area contributed by atoms with Gasteiger partial charge in [0.15, 0.2) is 0 Å². The highest BCUT2D eigenvalue weighted by Crippen LogP contribution is 2.31. The second-order valence-electron chi connectivity index (χ2n) is 5.28. The molecule has 0 radical (unpaired) electrons. The third kappa shape index (κ3) is 2.74. The van der Waals surface area contributed by atoms with E-state index in [1.807, 2.05) is 12.4 Å². The number of hydrogen-bond acceptors (Lipinski definition) is 3. The minimum atomic E-state index is 0.390. The van der Waals surface area contributed by atoms with Crippen LogP contribution in [0.15, 0.2) is 35.1 Å². The highest BCUT2D eigenvalue weighted by molar-refractivity contribution is 9.10. The zero-order chi connectivity index (χ0) is 13.2. The van der Waals surface area contributed by atoms with E-state index in [0.29, 0.717) is 12.1 Å². The summed E-state index contributed by atoms with van der Waals surface area (Å²) in [6.45, 7) is 0. The van der Waals surface area contributed by atoms with E-state index in [9.17, 15) is 0 Å². The smallest absolute Gasteiger partial charge is 0.0457 e. The number of hydrogen-bond donors (Lipinski definition) is 2. The van der Waals surface area contributed by atoms with Gasteiger partial charge in [-0.05, 0) is 47.7 Å². The van der Waals surface area contributed by atoms with Gasteiger partial charge in [0.1, 0.15) is 0 Å². The monoisotopic (exact) mass is 319 g/mol. The fourth-order valence-electron chi connectivity index (χ4n) is 2.80. The Kier molecular flexibility index (Phi) is 3.71. The van der Waals surface area contributed by atoms with Crippen LogP contribution < -0.4 is 11.1 Å². The SMILES string of the molecule is N[C@H]1CC[C@@H](Nc2cccc3cncc(Br)c23)CC1. The van der Waals surface area contributed by atoms with Crippen molar-refractivity contribution in [1.82, 2.24) is 4.98 Å². The summed E-state index contributed by atoms with van der Waals surface area (Å²) in [4.78, 5) is 4.22. The minimum Gasteiger partial charge on any atom is -0.382 e. The number of halogens is 1. The van der Waals surface area contributed by atoms with Crippen molar-refractivity contribution in [1.29, 1.82) is 0 Å². The van der Waals surface area contributed by atoms with Crippen LogP contribution in [0.2, 0.25) is 0 Å². The molecule has 1 fully saturated rings. The van der Waals surface area contributed by atoms with Crippen molar-refractivity contribution in [2.45, 2.75) is 37.8 Å². The van der Waals surface area contributed by atoms with Gasteiger partial charge < -0.3 is 11.1 Å². The zero-order valence-corrected chi connectivity index (χ0v) is 12.4. The Morgan fingerprint density at radius 2 is 1.95 bits per heavy atom. The van der Waals surface area contributed by atoms with Gasteiger partial charge in [-0.1, -0.05) is 12.1 Å². The maximum Gasteiger partial charge on any atom is 0.0457 e. The first-order chi connectivity index (χ1) is 9.24. The van der Waals surface area contributed by atoms with Gasteiger partial charge in [-0.2, -0.15) is 0 Å². The molecule has 3 N–H and O–H groups in total. The summed E-state index contributed by atoms with van der Waals surface area (Å²) in [5.74, 6) is 0. The number of aromatic nitrogens is 1. The molecule has 1 aromatic carbocycles. The van der Waals surface area contributed by atoms with Crippen LogP contribution in [0.4, 0.5) is 5.69 Å². The second-order valence-corrected chi connectivity index (χ2v) is 6.14. The fraction of sp³-hybridized carbons (Fsp3) is 0.400. The van der Waals surface area contributed by atoms with Gasteiger partial charge in [-0.15, -0.1) is 0 Å². The standard InChI is InChI=1S/C15H18BrN3/c16-13-9-18-8-10-2-1-3-14(15(10)13)19-12-6-4-11(17)5-7-12/h1-3,8-9,11-12,19H,4-7,17H2/t11-,12+. The number of nitrogens with zero attached hydrogens (tertiary/aromatic N) is 1. The summed E-state index contributed by atoms with van der Waals surface area (Å²) in [6, 6.07) is 7.23. The maximum absolute atomic E-state index is 5.96. The van der Waals surface area contributed by atoms with Crippen LogP contribution in [0.1, 0.15) is 25.7 Å². The third-order valence-electron chi connectivity index (χ3n) is 3.87. The fourth-order valence-corrected chi connectivity index (χ4v) is 3.36. The van der Waals surface area contributed by atoms with Crippen molar-refractivity contribution < 1.29 is 0 Å². The summed E-state index contributed by atoms with van der Waals surface area (Å²) in [5.41, 5.74) is 7.15. The molecule has 0 atom stereocenters. The third-order valence-corrected chi connectivity index (χ3v) is 4.47. The topological polar surface area (TPSA) is 50.9 Å². The van der Waals surface area contributed by atoms with E-state index in [1.165, 1.54) is 11.1 Å². The Hall–Kier alpha value is -1.13. The van der Waals surface area contributed by atoms with E-state index < -0.39 is 0 Å². The van der Waals surface area contributed by atoms with Gasteiger partial charge in [0.05, 0.1) is 0 Å². The molecule has 4 heteroatoms. The molecule has 1 saturated carbocycles. The molecule has 100 valence electrons. The normalized spacial score (nSPS) is 23.5. The molecular formula is C15H18BrN3. The van der Waals surface area contributed by atoms with Gasteiger partial charge in [-0.3, -0.25) is 4.98 Å². The quantitative estimate of drug-likeness (QED) is 0.887. The second kappa shape index (κ2) is 5.47. The average Bonchev–Trinajstić information content (AvgIpc) is 2.42. The lowest BCUT2D eigenvalue weighted by molar-refractivity contribution is 0.411. The average molecular weight is 320 g/mol.